The second-order valence-corrected chi connectivity index (χ2v) is 9.15. The molecule has 2 unspecified atom stereocenters. The molecule has 0 fully saturated rings. The Morgan fingerprint density at radius 1 is 1.12 bits per heavy atom. The monoisotopic (exact) mass is 425 g/mol. The Morgan fingerprint density at radius 2 is 1.77 bits per heavy atom. The highest BCUT2D eigenvalue weighted by atomic mass is 35.5. The first kappa shape index (κ1) is 21.2. The lowest BCUT2D eigenvalue weighted by Gasteiger charge is -2.29. The van der Waals surface area contributed by atoms with Crippen LogP contribution in [0.25, 0.3) is 11.3 Å². The molecule has 0 bridgehead atoms. The van der Waals surface area contributed by atoms with Crippen molar-refractivity contribution in [1.29, 1.82) is 0 Å². The molecule has 0 aliphatic carbocycles. The van der Waals surface area contributed by atoms with E-state index in [9.17, 15) is 17.7 Å². The fraction of sp³-hybridized carbons (Fsp3) is 0.375. The normalized spacial score (nSPS) is 15.0. The van der Waals surface area contributed by atoms with Gasteiger partial charge in [0.15, 0.2) is 6.04 Å². The van der Waals surface area contributed by atoms with Gasteiger partial charge in [0.05, 0.1) is 21.9 Å². The highest BCUT2D eigenvalue weighted by Gasteiger charge is 2.47. The first-order valence-electron chi connectivity index (χ1n) is 7.42. The predicted octanol–water partition coefficient (Wildman–Crippen LogP) is 5.11. The zero-order valence-corrected chi connectivity index (χ0v) is 16.4. The molecule has 0 aliphatic heterocycles. The Balaban J connectivity index is 2.48. The summed E-state index contributed by atoms with van der Waals surface area (Å²) < 4.78 is 54.1. The average molecular weight is 426 g/mol. The van der Waals surface area contributed by atoms with Crippen LogP contribution in [0, 0.1) is 0 Å². The van der Waals surface area contributed by atoms with E-state index in [2.05, 4.69) is 14.7 Å². The molecule has 1 N–H and O–H groups in total. The summed E-state index contributed by atoms with van der Waals surface area (Å²) in [6.45, 7) is 4.69. The molecule has 2 atom stereocenters. The Bertz CT molecular complexity index is 770. The number of nitrogens with zero attached hydrogens (tertiary/aromatic N) is 2. The van der Waals surface area contributed by atoms with E-state index in [0.29, 0.717) is 11.3 Å². The third-order valence-corrected chi connectivity index (χ3v) is 5.83. The minimum Gasteiger partial charge on any atom is -0.598 e. The first-order valence-corrected chi connectivity index (χ1v) is 9.32. The average Bonchev–Trinajstić information content (AvgIpc) is 2.54. The van der Waals surface area contributed by atoms with Crippen molar-refractivity contribution >= 4 is 34.6 Å². The van der Waals surface area contributed by atoms with E-state index in [4.69, 9.17) is 23.2 Å². The van der Waals surface area contributed by atoms with Gasteiger partial charge < -0.3 is 4.55 Å². The molecule has 1 aromatic carbocycles. The van der Waals surface area contributed by atoms with Crippen molar-refractivity contribution in [3.05, 3.63) is 46.3 Å². The number of rotatable bonds is 4. The molecule has 26 heavy (non-hydrogen) atoms. The molecule has 1 heterocycles. The standard InChI is InChI=1S/C16H16Cl2F3N3OS/c1-15(2,3)26(25)24-14(16(19,20)21)10-5-4-9(12(17)13(10)18)11-8-22-6-7-23-11/h4-8,14,24H,1-3H3. The second kappa shape index (κ2) is 7.90. The summed E-state index contributed by atoms with van der Waals surface area (Å²) in [5, 5.41) is -0.363. The quantitative estimate of drug-likeness (QED) is 0.691. The van der Waals surface area contributed by atoms with Gasteiger partial charge in [-0.25, -0.2) is 0 Å². The van der Waals surface area contributed by atoms with E-state index < -0.39 is 28.3 Å². The molecule has 10 heteroatoms. The molecular formula is C16H16Cl2F3N3OS. The van der Waals surface area contributed by atoms with E-state index in [1.165, 1.54) is 30.7 Å². The predicted molar refractivity (Wildman–Crippen MR) is 97.3 cm³/mol. The molecular weight excluding hydrogens is 410 g/mol. The number of hydrogen-bond acceptors (Lipinski definition) is 4. The van der Waals surface area contributed by atoms with Gasteiger partial charge in [0, 0.05) is 34.9 Å². The number of nitrogens with one attached hydrogen (secondary N) is 1. The first-order chi connectivity index (χ1) is 11.9. The maximum Gasteiger partial charge on any atom is 0.412 e. The zero-order chi connectivity index (χ0) is 19.7. The summed E-state index contributed by atoms with van der Waals surface area (Å²) >= 11 is 10.3. The largest absolute Gasteiger partial charge is 0.598 e. The zero-order valence-electron chi connectivity index (χ0n) is 14.1. The third kappa shape index (κ3) is 4.80. The number of benzene rings is 1. The van der Waals surface area contributed by atoms with Crippen LogP contribution in [0.15, 0.2) is 30.7 Å². The van der Waals surface area contributed by atoms with Crippen LogP contribution in [0.3, 0.4) is 0 Å². The summed E-state index contributed by atoms with van der Waals surface area (Å²) in [6.07, 6.45) is -0.411. The van der Waals surface area contributed by atoms with E-state index in [1.807, 2.05) is 0 Å². The second-order valence-electron chi connectivity index (χ2n) is 6.39. The van der Waals surface area contributed by atoms with Crippen molar-refractivity contribution in [3.63, 3.8) is 0 Å². The van der Waals surface area contributed by atoms with Crippen LogP contribution in [0.5, 0.6) is 0 Å². The van der Waals surface area contributed by atoms with Crippen LogP contribution in [-0.4, -0.2) is 25.4 Å². The summed E-state index contributed by atoms with van der Waals surface area (Å²) in [5.41, 5.74) is 0.418. The minimum absolute atomic E-state index is 0.0812. The van der Waals surface area contributed by atoms with Crippen molar-refractivity contribution in [3.8, 4) is 11.3 Å². The fourth-order valence-corrected chi connectivity index (χ4v) is 3.38. The number of alkyl halides is 3. The molecule has 1 aromatic heterocycles. The van der Waals surface area contributed by atoms with Crippen LogP contribution in [-0.2, 0) is 11.4 Å². The van der Waals surface area contributed by atoms with Gasteiger partial charge in [0.2, 0.25) is 0 Å². The van der Waals surface area contributed by atoms with Gasteiger partial charge in [0.25, 0.3) is 0 Å². The topological polar surface area (TPSA) is 60.9 Å². The fourth-order valence-electron chi connectivity index (χ4n) is 2.01. The van der Waals surface area contributed by atoms with Crippen LogP contribution in [0.4, 0.5) is 13.2 Å². The number of aromatic nitrogens is 2. The van der Waals surface area contributed by atoms with Crippen LogP contribution in [0.1, 0.15) is 32.4 Å². The summed E-state index contributed by atoms with van der Waals surface area (Å²) in [6, 6.07) is 0.348. The lowest BCUT2D eigenvalue weighted by Crippen LogP contribution is -2.45. The van der Waals surface area contributed by atoms with E-state index in [1.54, 1.807) is 20.8 Å². The highest BCUT2D eigenvalue weighted by molar-refractivity contribution is 7.90. The van der Waals surface area contributed by atoms with Gasteiger partial charge in [-0.15, -0.1) is 4.72 Å². The van der Waals surface area contributed by atoms with Crippen molar-refractivity contribution in [2.24, 2.45) is 0 Å². The molecule has 0 spiro atoms. The Morgan fingerprint density at radius 3 is 2.27 bits per heavy atom. The maximum atomic E-state index is 13.6. The molecule has 0 saturated carbocycles. The van der Waals surface area contributed by atoms with Gasteiger partial charge >= 0.3 is 6.18 Å². The van der Waals surface area contributed by atoms with Crippen molar-refractivity contribution in [1.82, 2.24) is 14.7 Å². The van der Waals surface area contributed by atoms with Crippen LogP contribution >= 0.6 is 23.2 Å². The lowest BCUT2D eigenvalue weighted by molar-refractivity contribution is -0.153. The van der Waals surface area contributed by atoms with Gasteiger partial charge in [-0.1, -0.05) is 35.3 Å². The summed E-state index contributed by atoms with van der Waals surface area (Å²) in [5.74, 6) is 0. The molecule has 0 saturated heterocycles. The van der Waals surface area contributed by atoms with Gasteiger partial charge in [-0.05, 0) is 20.8 Å². The molecule has 142 valence electrons. The van der Waals surface area contributed by atoms with E-state index in [-0.39, 0.29) is 15.6 Å². The Hall–Kier alpha value is -1.06. The molecule has 2 aromatic rings. The molecule has 0 radical (unpaired) electrons. The summed E-state index contributed by atoms with van der Waals surface area (Å²) in [4.78, 5) is 7.96. The third-order valence-electron chi connectivity index (χ3n) is 3.37. The van der Waals surface area contributed by atoms with E-state index >= 15 is 0 Å². The number of hydrogen-bond donors (Lipinski definition) is 1. The maximum absolute atomic E-state index is 13.6. The highest BCUT2D eigenvalue weighted by Crippen LogP contribution is 2.42. The van der Waals surface area contributed by atoms with Gasteiger partial charge in [-0.3, -0.25) is 9.97 Å². The van der Waals surface area contributed by atoms with Gasteiger partial charge in [0.1, 0.15) is 4.75 Å². The van der Waals surface area contributed by atoms with Gasteiger partial charge in [-0.2, -0.15) is 13.2 Å². The minimum atomic E-state index is -4.72. The lowest BCUT2D eigenvalue weighted by atomic mass is 10.0. The summed E-state index contributed by atoms with van der Waals surface area (Å²) in [7, 11) is 0. The number of halogens is 5. The molecule has 4 nitrogen and oxygen atoms in total. The SMILES string of the molecule is CC(C)(C)[S+]([O-])NC(c1ccc(-c2cnccn2)c(Cl)c1Cl)C(F)(F)F. The Kier molecular flexibility index (Phi) is 6.45. The molecule has 2 rings (SSSR count). The van der Waals surface area contributed by atoms with Crippen LogP contribution < -0.4 is 4.72 Å². The van der Waals surface area contributed by atoms with E-state index in [0.717, 1.165) is 0 Å². The van der Waals surface area contributed by atoms with Crippen LogP contribution in [0.2, 0.25) is 10.0 Å². The molecule has 0 aliphatic rings. The molecule has 0 amide bonds. The van der Waals surface area contributed by atoms with Crippen molar-refractivity contribution in [2.75, 3.05) is 0 Å². The smallest absolute Gasteiger partial charge is 0.412 e. The van der Waals surface area contributed by atoms with Crippen molar-refractivity contribution < 1.29 is 17.7 Å². The Labute approximate surface area is 162 Å². The van der Waals surface area contributed by atoms with Crippen molar-refractivity contribution in [2.45, 2.75) is 37.7 Å².